The normalized spacial score (nSPS) is 10.4. The quantitative estimate of drug-likeness (QED) is 0.826. The van der Waals surface area contributed by atoms with Crippen LogP contribution in [0.15, 0.2) is 18.2 Å². The molecule has 110 valence electrons. The molecule has 0 aliphatic carbocycles. The average molecular weight is 281 g/mol. The van der Waals surface area contributed by atoms with Crippen LogP contribution in [0.25, 0.3) is 0 Å². The second-order valence-electron chi connectivity index (χ2n) is 4.86. The van der Waals surface area contributed by atoms with Gasteiger partial charge in [-0.1, -0.05) is 13.8 Å². The molecule has 0 aliphatic heterocycles. The third-order valence-corrected chi connectivity index (χ3v) is 2.63. The van der Waals surface area contributed by atoms with Crippen LogP contribution in [-0.2, 0) is 4.79 Å². The first-order chi connectivity index (χ1) is 9.35. The lowest BCUT2D eigenvalue weighted by Gasteiger charge is -2.23. The molecule has 0 fully saturated rings. The smallest absolute Gasteiger partial charge is 0.323 e. The number of amides is 1. The van der Waals surface area contributed by atoms with Crippen molar-refractivity contribution in [2.24, 2.45) is 5.92 Å². The molecule has 0 bridgehead atoms. The fourth-order valence-corrected chi connectivity index (χ4v) is 1.81. The van der Waals surface area contributed by atoms with E-state index in [0.717, 1.165) is 0 Å². The molecular formula is C14H19NO5. The zero-order valence-electron chi connectivity index (χ0n) is 11.8. The summed E-state index contributed by atoms with van der Waals surface area (Å²) in [7, 11) is 1.45. The Bertz CT molecular complexity index is 498. The lowest BCUT2D eigenvalue weighted by Crippen LogP contribution is -2.38. The largest absolute Gasteiger partial charge is 0.507 e. The van der Waals surface area contributed by atoms with E-state index in [1.807, 2.05) is 13.8 Å². The lowest BCUT2D eigenvalue weighted by molar-refractivity contribution is -0.137. The van der Waals surface area contributed by atoms with E-state index in [4.69, 9.17) is 9.84 Å². The number of aliphatic carboxylic acids is 1. The summed E-state index contributed by atoms with van der Waals surface area (Å²) in [4.78, 5) is 24.4. The Hall–Kier alpha value is -2.24. The number of ether oxygens (including phenoxy) is 1. The topological polar surface area (TPSA) is 87.1 Å². The van der Waals surface area contributed by atoms with E-state index < -0.39 is 18.4 Å². The molecule has 0 unspecified atom stereocenters. The zero-order valence-corrected chi connectivity index (χ0v) is 11.8. The number of aromatic hydroxyl groups is 1. The molecule has 0 spiro atoms. The second kappa shape index (κ2) is 6.79. The Balaban J connectivity index is 3.07. The van der Waals surface area contributed by atoms with Gasteiger partial charge >= 0.3 is 5.97 Å². The standard InChI is InChI=1S/C14H19NO5/c1-9(2)7-15(8-13(17)18)14(19)11-6-10(20-3)4-5-12(11)16/h4-6,9,16H,7-8H2,1-3H3,(H,17,18). The molecule has 0 aromatic heterocycles. The highest BCUT2D eigenvalue weighted by Gasteiger charge is 2.22. The maximum Gasteiger partial charge on any atom is 0.323 e. The molecule has 0 atom stereocenters. The Kier molecular flexibility index (Phi) is 5.37. The first kappa shape index (κ1) is 15.8. The van der Waals surface area contributed by atoms with E-state index in [0.29, 0.717) is 12.3 Å². The summed E-state index contributed by atoms with van der Waals surface area (Å²) in [6, 6.07) is 4.27. The van der Waals surface area contributed by atoms with Gasteiger partial charge in [0.25, 0.3) is 5.91 Å². The zero-order chi connectivity index (χ0) is 15.3. The predicted octanol–water partition coefficient (Wildman–Crippen LogP) is 1.58. The minimum atomic E-state index is -1.10. The Morgan fingerprint density at radius 2 is 2.00 bits per heavy atom. The highest BCUT2D eigenvalue weighted by Crippen LogP contribution is 2.24. The molecule has 0 radical (unpaired) electrons. The molecule has 1 aromatic rings. The summed E-state index contributed by atoms with van der Waals surface area (Å²) < 4.78 is 5.00. The minimum Gasteiger partial charge on any atom is -0.507 e. The number of nitrogens with zero attached hydrogens (tertiary/aromatic N) is 1. The molecule has 0 aliphatic rings. The number of phenols is 1. The van der Waals surface area contributed by atoms with Crippen LogP contribution in [0, 0.1) is 5.92 Å². The fourth-order valence-electron chi connectivity index (χ4n) is 1.81. The summed E-state index contributed by atoms with van der Waals surface area (Å²) in [5, 5.41) is 18.6. The van der Waals surface area contributed by atoms with Crippen molar-refractivity contribution in [3.8, 4) is 11.5 Å². The van der Waals surface area contributed by atoms with E-state index in [1.54, 1.807) is 0 Å². The van der Waals surface area contributed by atoms with Crippen LogP contribution in [0.5, 0.6) is 11.5 Å². The lowest BCUT2D eigenvalue weighted by atomic mass is 10.1. The van der Waals surface area contributed by atoms with Crippen molar-refractivity contribution in [2.75, 3.05) is 20.2 Å². The molecule has 1 rings (SSSR count). The van der Waals surface area contributed by atoms with Gasteiger partial charge in [0, 0.05) is 6.54 Å². The Morgan fingerprint density at radius 3 is 2.50 bits per heavy atom. The number of hydrogen-bond donors (Lipinski definition) is 2. The summed E-state index contributed by atoms with van der Waals surface area (Å²) in [6.45, 7) is 3.65. The van der Waals surface area contributed by atoms with Crippen molar-refractivity contribution in [1.82, 2.24) is 4.90 Å². The van der Waals surface area contributed by atoms with E-state index in [-0.39, 0.29) is 17.2 Å². The minimum absolute atomic E-state index is 0.0336. The van der Waals surface area contributed by atoms with E-state index >= 15 is 0 Å². The van der Waals surface area contributed by atoms with Crippen LogP contribution in [0.1, 0.15) is 24.2 Å². The van der Waals surface area contributed by atoms with Crippen LogP contribution < -0.4 is 4.74 Å². The van der Waals surface area contributed by atoms with Crippen LogP contribution in [0.4, 0.5) is 0 Å². The van der Waals surface area contributed by atoms with Crippen molar-refractivity contribution in [3.05, 3.63) is 23.8 Å². The number of methoxy groups -OCH3 is 1. The van der Waals surface area contributed by atoms with Gasteiger partial charge in [0.1, 0.15) is 18.0 Å². The summed E-state index contributed by atoms with van der Waals surface area (Å²) in [6.07, 6.45) is 0. The average Bonchev–Trinajstić information content (AvgIpc) is 2.36. The van der Waals surface area contributed by atoms with Crippen LogP contribution in [0.3, 0.4) is 0 Å². The summed E-state index contributed by atoms with van der Waals surface area (Å²) in [5.74, 6) is -1.29. The van der Waals surface area contributed by atoms with E-state index in [2.05, 4.69) is 0 Å². The number of carbonyl (C=O) groups excluding carboxylic acids is 1. The molecule has 0 saturated heterocycles. The SMILES string of the molecule is COc1ccc(O)c(C(=O)N(CC(=O)O)CC(C)C)c1. The Morgan fingerprint density at radius 1 is 1.35 bits per heavy atom. The molecule has 6 heteroatoms. The van der Waals surface area contributed by atoms with Crippen LogP contribution >= 0.6 is 0 Å². The van der Waals surface area contributed by atoms with Crippen molar-refractivity contribution in [3.63, 3.8) is 0 Å². The molecule has 2 N–H and O–H groups in total. The van der Waals surface area contributed by atoms with Gasteiger partial charge in [0.05, 0.1) is 12.7 Å². The van der Waals surface area contributed by atoms with Crippen molar-refractivity contribution < 1.29 is 24.5 Å². The van der Waals surface area contributed by atoms with Gasteiger partial charge in [-0.05, 0) is 24.1 Å². The third-order valence-electron chi connectivity index (χ3n) is 2.63. The number of carbonyl (C=O) groups is 2. The monoisotopic (exact) mass is 281 g/mol. The number of rotatable bonds is 6. The number of carboxylic acid groups (broad SMARTS) is 1. The van der Waals surface area contributed by atoms with E-state index in [1.165, 1.54) is 30.2 Å². The molecule has 6 nitrogen and oxygen atoms in total. The molecule has 1 aromatic carbocycles. The predicted molar refractivity (Wildman–Crippen MR) is 73.0 cm³/mol. The van der Waals surface area contributed by atoms with E-state index in [9.17, 15) is 14.7 Å². The van der Waals surface area contributed by atoms with Crippen LogP contribution in [-0.4, -0.2) is 47.2 Å². The number of carboxylic acids is 1. The van der Waals surface area contributed by atoms with Gasteiger partial charge in [-0.2, -0.15) is 0 Å². The van der Waals surface area contributed by atoms with Crippen molar-refractivity contribution >= 4 is 11.9 Å². The fraction of sp³-hybridized carbons (Fsp3) is 0.429. The highest BCUT2D eigenvalue weighted by molar-refractivity contribution is 5.98. The Labute approximate surface area is 117 Å². The van der Waals surface area contributed by atoms with Gasteiger partial charge in [0.15, 0.2) is 0 Å². The highest BCUT2D eigenvalue weighted by atomic mass is 16.5. The maximum atomic E-state index is 12.4. The first-order valence-electron chi connectivity index (χ1n) is 6.23. The molecular weight excluding hydrogens is 262 g/mol. The number of benzene rings is 1. The molecule has 20 heavy (non-hydrogen) atoms. The molecule has 0 heterocycles. The maximum absolute atomic E-state index is 12.4. The van der Waals surface area contributed by atoms with Crippen LogP contribution in [0.2, 0.25) is 0 Å². The van der Waals surface area contributed by atoms with Crippen molar-refractivity contribution in [2.45, 2.75) is 13.8 Å². The summed E-state index contributed by atoms with van der Waals surface area (Å²) in [5.41, 5.74) is 0.0336. The van der Waals surface area contributed by atoms with Gasteiger partial charge in [-0.3, -0.25) is 9.59 Å². The first-order valence-corrected chi connectivity index (χ1v) is 6.23. The van der Waals surface area contributed by atoms with Gasteiger partial charge in [0.2, 0.25) is 0 Å². The van der Waals surface area contributed by atoms with Crippen molar-refractivity contribution in [1.29, 1.82) is 0 Å². The second-order valence-corrected chi connectivity index (χ2v) is 4.86. The third kappa shape index (κ3) is 4.15. The van der Waals surface area contributed by atoms with Gasteiger partial charge < -0.3 is 19.8 Å². The number of hydrogen-bond acceptors (Lipinski definition) is 4. The number of phenolic OH excluding ortho intramolecular Hbond substituents is 1. The van der Waals surface area contributed by atoms with Gasteiger partial charge in [-0.25, -0.2) is 0 Å². The molecule has 1 amide bonds. The molecule has 0 saturated carbocycles. The summed E-state index contributed by atoms with van der Waals surface area (Å²) >= 11 is 0. The van der Waals surface area contributed by atoms with Gasteiger partial charge in [-0.15, -0.1) is 0 Å².